The van der Waals surface area contributed by atoms with Crippen molar-refractivity contribution in [2.24, 2.45) is 0 Å². The van der Waals surface area contributed by atoms with Gasteiger partial charge < -0.3 is 18.6 Å². The quantitative estimate of drug-likeness (QED) is 0.160. The number of hydrogen-bond acceptors (Lipinski definition) is 4. The van der Waals surface area contributed by atoms with E-state index in [9.17, 15) is 0 Å². The summed E-state index contributed by atoms with van der Waals surface area (Å²) in [5.74, 6) is 0. The maximum Gasteiger partial charge on any atom is 0.159 e. The first-order chi connectivity index (χ1) is 27.8. The molecule has 2 heterocycles. The highest BCUT2D eigenvalue weighted by Crippen LogP contribution is 2.52. The minimum Gasteiger partial charge on any atom is -0.454 e. The lowest BCUT2D eigenvalue weighted by molar-refractivity contribution is 0.669. The lowest BCUT2D eigenvalue weighted by Gasteiger charge is -2.32. The van der Waals surface area contributed by atoms with Crippen molar-refractivity contribution in [1.29, 1.82) is 0 Å². The Hall–Kier alpha value is -7.56. The molecule has 262 valence electrons. The lowest BCUT2D eigenvalue weighted by Crippen LogP contribution is -2.14. The summed E-state index contributed by atoms with van der Waals surface area (Å²) in [4.78, 5) is 4.76. The highest BCUT2D eigenvalue weighted by molar-refractivity contribution is 6.29. The summed E-state index contributed by atoms with van der Waals surface area (Å²) >= 11 is 0. The van der Waals surface area contributed by atoms with E-state index < -0.39 is 0 Å². The molecule has 0 atom stereocenters. The molecule has 0 N–H and O–H groups in total. The van der Waals surface area contributed by atoms with Gasteiger partial charge in [0.25, 0.3) is 0 Å². The number of para-hydroxylation sites is 6. The Kier molecular flexibility index (Phi) is 6.60. The van der Waals surface area contributed by atoms with Crippen molar-refractivity contribution in [3.05, 3.63) is 194 Å². The molecule has 0 saturated heterocycles. The first-order valence-electron chi connectivity index (χ1n) is 19.0. The van der Waals surface area contributed by atoms with Crippen LogP contribution in [-0.2, 0) is 0 Å². The molecule has 0 saturated carbocycles. The molecule has 0 unspecified atom stereocenters. The number of rotatable bonds is 6. The largest absolute Gasteiger partial charge is 0.454 e. The molecule has 4 nitrogen and oxygen atoms in total. The van der Waals surface area contributed by atoms with Crippen LogP contribution in [0.2, 0.25) is 0 Å². The maximum atomic E-state index is 6.76. The Morgan fingerprint density at radius 1 is 0.286 bits per heavy atom. The van der Waals surface area contributed by atoms with Crippen LogP contribution in [0.15, 0.2) is 203 Å². The Morgan fingerprint density at radius 2 is 0.714 bits per heavy atom. The molecular weight excluding hydrogens is 685 g/mol. The lowest BCUT2D eigenvalue weighted by atomic mass is 9.91. The van der Waals surface area contributed by atoms with Gasteiger partial charge in [-0.1, -0.05) is 140 Å². The fourth-order valence-corrected chi connectivity index (χ4v) is 8.95. The molecule has 56 heavy (non-hydrogen) atoms. The van der Waals surface area contributed by atoms with Crippen LogP contribution >= 0.6 is 0 Å². The fourth-order valence-electron chi connectivity index (χ4n) is 8.95. The molecule has 0 radical (unpaired) electrons. The summed E-state index contributed by atoms with van der Waals surface area (Å²) < 4.78 is 13.5. The third kappa shape index (κ3) is 4.47. The van der Waals surface area contributed by atoms with E-state index in [2.05, 4.69) is 192 Å². The molecular formula is C52H32N2O2. The van der Waals surface area contributed by atoms with Crippen molar-refractivity contribution in [1.82, 2.24) is 0 Å². The number of furan rings is 2. The van der Waals surface area contributed by atoms with Gasteiger partial charge in [-0.2, -0.15) is 0 Å². The number of nitrogens with zero attached hydrogens (tertiary/aromatic N) is 2. The van der Waals surface area contributed by atoms with Gasteiger partial charge in [-0.25, -0.2) is 0 Å². The van der Waals surface area contributed by atoms with Gasteiger partial charge in [-0.15, -0.1) is 0 Å². The minimum atomic E-state index is 0.844. The van der Waals surface area contributed by atoms with Crippen molar-refractivity contribution < 1.29 is 8.83 Å². The number of hydrogen-bond donors (Lipinski definition) is 0. The van der Waals surface area contributed by atoms with Crippen molar-refractivity contribution >= 4 is 110 Å². The molecule has 12 aromatic rings. The average Bonchev–Trinajstić information content (AvgIpc) is 3.84. The van der Waals surface area contributed by atoms with Crippen LogP contribution in [0.5, 0.6) is 0 Å². The first kappa shape index (κ1) is 30.9. The van der Waals surface area contributed by atoms with E-state index in [0.717, 1.165) is 88.8 Å². The highest BCUT2D eigenvalue weighted by atomic mass is 16.3. The van der Waals surface area contributed by atoms with E-state index in [0.29, 0.717) is 0 Å². The Labute approximate surface area is 322 Å². The van der Waals surface area contributed by atoms with Gasteiger partial charge in [0.05, 0.1) is 22.7 Å². The molecule has 0 spiro atoms. The Balaban J connectivity index is 1.24. The van der Waals surface area contributed by atoms with Crippen LogP contribution in [0.4, 0.5) is 34.1 Å². The SMILES string of the molecule is c1ccc(N(c2cc(N(c3ccccc3)c3cccc4c3oc3ccccc34)c3ccc4cccc5ccc2c3c54)c2cccc3c2oc2ccccc23)cc1. The summed E-state index contributed by atoms with van der Waals surface area (Å²) in [5.41, 5.74) is 9.52. The predicted molar refractivity (Wildman–Crippen MR) is 234 cm³/mol. The third-order valence-electron chi connectivity index (χ3n) is 11.4. The summed E-state index contributed by atoms with van der Waals surface area (Å²) in [5, 5.41) is 11.5. The number of benzene rings is 10. The summed E-state index contributed by atoms with van der Waals surface area (Å²) in [7, 11) is 0. The van der Waals surface area contributed by atoms with E-state index in [1.54, 1.807) is 0 Å². The molecule has 0 fully saturated rings. The van der Waals surface area contributed by atoms with Crippen molar-refractivity contribution in [3.63, 3.8) is 0 Å². The molecule has 12 rings (SSSR count). The first-order valence-corrected chi connectivity index (χ1v) is 19.0. The summed E-state index contributed by atoms with van der Waals surface area (Å²) in [6, 6.07) is 69.0. The van der Waals surface area contributed by atoms with E-state index >= 15 is 0 Å². The second-order valence-electron chi connectivity index (χ2n) is 14.4. The predicted octanol–water partition coefficient (Wildman–Crippen LogP) is 15.3. The maximum absolute atomic E-state index is 6.76. The zero-order valence-electron chi connectivity index (χ0n) is 30.2. The Morgan fingerprint density at radius 3 is 1.21 bits per heavy atom. The van der Waals surface area contributed by atoms with Crippen LogP contribution < -0.4 is 9.80 Å². The van der Waals surface area contributed by atoms with Gasteiger partial charge in [-0.3, -0.25) is 0 Å². The number of anilines is 6. The molecule has 10 aromatic carbocycles. The van der Waals surface area contributed by atoms with Crippen LogP contribution in [0.25, 0.3) is 76.2 Å². The standard InChI is InChI=1S/C52H32N2O2/c1-3-16-35(17-4-1)53(43-24-12-22-39-37-20-7-9-26-47(37)55-51(39)43)45-32-46(42-31-29-34-15-11-14-33-28-30-41(45)50(42)49(33)34)54(36-18-5-2-6-19-36)44-25-13-23-40-38-21-8-10-27-48(38)56-52(40)44/h1-32H. The molecule has 0 bridgehead atoms. The fraction of sp³-hybridized carbons (Fsp3) is 0. The molecule has 0 aliphatic heterocycles. The summed E-state index contributed by atoms with van der Waals surface area (Å²) in [6.07, 6.45) is 0. The number of fused-ring (bicyclic) bond motifs is 6. The van der Waals surface area contributed by atoms with E-state index in [1.807, 2.05) is 12.1 Å². The molecule has 0 aliphatic carbocycles. The van der Waals surface area contributed by atoms with Crippen molar-refractivity contribution in [2.45, 2.75) is 0 Å². The normalized spacial score (nSPS) is 11.9. The highest BCUT2D eigenvalue weighted by Gasteiger charge is 2.27. The van der Waals surface area contributed by atoms with Gasteiger partial charge >= 0.3 is 0 Å². The van der Waals surface area contributed by atoms with E-state index in [-0.39, 0.29) is 0 Å². The molecule has 4 heteroatoms. The van der Waals surface area contributed by atoms with Crippen LogP contribution in [0.3, 0.4) is 0 Å². The summed E-state index contributed by atoms with van der Waals surface area (Å²) in [6.45, 7) is 0. The van der Waals surface area contributed by atoms with Crippen LogP contribution in [0.1, 0.15) is 0 Å². The van der Waals surface area contributed by atoms with Gasteiger partial charge in [0, 0.05) is 49.1 Å². The smallest absolute Gasteiger partial charge is 0.159 e. The zero-order chi connectivity index (χ0) is 36.7. The van der Waals surface area contributed by atoms with E-state index in [1.165, 1.54) is 21.5 Å². The third-order valence-corrected chi connectivity index (χ3v) is 11.4. The van der Waals surface area contributed by atoms with Gasteiger partial charge in [-0.05, 0) is 70.8 Å². The second kappa shape index (κ2) is 12.0. The molecule has 0 amide bonds. The van der Waals surface area contributed by atoms with Gasteiger partial charge in [0.1, 0.15) is 11.2 Å². The Bertz CT molecular complexity index is 3210. The van der Waals surface area contributed by atoms with Gasteiger partial charge in [0.15, 0.2) is 11.2 Å². The van der Waals surface area contributed by atoms with Crippen molar-refractivity contribution in [2.75, 3.05) is 9.80 Å². The zero-order valence-corrected chi connectivity index (χ0v) is 30.2. The monoisotopic (exact) mass is 716 g/mol. The van der Waals surface area contributed by atoms with Crippen molar-refractivity contribution in [3.8, 4) is 0 Å². The molecule has 2 aromatic heterocycles. The average molecular weight is 717 g/mol. The van der Waals surface area contributed by atoms with Crippen LogP contribution in [0, 0.1) is 0 Å². The topological polar surface area (TPSA) is 32.8 Å². The second-order valence-corrected chi connectivity index (χ2v) is 14.4. The van der Waals surface area contributed by atoms with Gasteiger partial charge in [0.2, 0.25) is 0 Å². The van der Waals surface area contributed by atoms with E-state index in [4.69, 9.17) is 8.83 Å². The van der Waals surface area contributed by atoms with Crippen LogP contribution in [-0.4, -0.2) is 0 Å². The molecule has 0 aliphatic rings. The minimum absolute atomic E-state index is 0.844.